The fourth-order valence-electron chi connectivity index (χ4n) is 2.40. The minimum atomic E-state index is 0.440. The number of rotatable bonds is 4. The van der Waals surface area contributed by atoms with Crippen LogP contribution < -0.4 is 0 Å². The smallest absolute Gasteiger partial charge is 0.0150 e. The van der Waals surface area contributed by atoms with Crippen molar-refractivity contribution >= 4 is 18.5 Å². The van der Waals surface area contributed by atoms with Gasteiger partial charge in [0.2, 0.25) is 0 Å². The van der Waals surface area contributed by atoms with Crippen LogP contribution in [-0.4, -0.2) is 10.3 Å². The second-order valence-corrected chi connectivity index (χ2v) is 8.55. The van der Waals surface area contributed by atoms with Crippen LogP contribution in [-0.2, 0) is 0 Å². The molecule has 2 heteroatoms. The Morgan fingerprint density at radius 2 is 1.71 bits per heavy atom. The van der Waals surface area contributed by atoms with Crippen molar-refractivity contribution in [2.75, 3.05) is 0 Å². The van der Waals surface area contributed by atoms with E-state index in [1.165, 1.54) is 51.4 Å². The first kappa shape index (κ1) is 12.9. The highest BCUT2D eigenvalue weighted by atomic mass is 31.0. The number of hydrogen-bond acceptors (Lipinski definition) is 0. The Hall–Kier alpha value is 0.860. The molecular weight excluding hydrogens is 206 g/mol. The average Bonchev–Trinajstić information content (AvgIpc) is 2.02. The lowest BCUT2D eigenvalue weighted by molar-refractivity contribution is 0.362. The van der Waals surface area contributed by atoms with E-state index in [1.807, 2.05) is 0 Å². The van der Waals surface area contributed by atoms with Crippen LogP contribution in [0.1, 0.15) is 65.2 Å². The van der Waals surface area contributed by atoms with Crippen LogP contribution in [0.25, 0.3) is 0 Å². The number of hydrogen-bond donors (Lipinski definition) is 0. The molecule has 14 heavy (non-hydrogen) atoms. The van der Waals surface area contributed by atoms with Gasteiger partial charge in [0.05, 0.1) is 0 Å². The van der Waals surface area contributed by atoms with Gasteiger partial charge in [-0.15, -0.1) is 18.5 Å². The van der Waals surface area contributed by atoms with Gasteiger partial charge in [-0.1, -0.05) is 39.5 Å². The lowest BCUT2D eigenvalue weighted by Crippen LogP contribution is -2.24. The zero-order valence-electron chi connectivity index (χ0n) is 9.81. The zero-order chi connectivity index (χ0) is 10.7. The molecule has 0 amide bonds. The largest absolute Gasteiger partial charge is 0.132 e. The van der Waals surface area contributed by atoms with E-state index in [0.29, 0.717) is 10.3 Å². The van der Waals surface area contributed by atoms with E-state index in [4.69, 9.17) is 0 Å². The van der Waals surface area contributed by atoms with Gasteiger partial charge in [-0.2, -0.15) is 0 Å². The molecule has 0 aromatic rings. The van der Waals surface area contributed by atoms with E-state index >= 15 is 0 Å². The first-order valence-electron chi connectivity index (χ1n) is 5.99. The minimum absolute atomic E-state index is 0.440. The molecule has 2 atom stereocenters. The molecule has 0 N–H and O–H groups in total. The van der Waals surface area contributed by atoms with Crippen LogP contribution in [0.15, 0.2) is 0 Å². The maximum absolute atomic E-state index is 3.15. The van der Waals surface area contributed by atoms with Crippen LogP contribution >= 0.6 is 18.5 Å². The zero-order valence-corrected chi connectivity index (χ0v) is 12.1. The monoisotopic (exact) mass is 232 g/mol. The highest BCUT2D eigenvalue weighted by Crippen LogP contribution is 2.40. The third kappa shape index (κ3) is 5.09. The standard InChI is InChI=1S/C12H26P2/c1-11(2,13)7-6-10-12(14)8-4-3-5-9-12/h3-10,13-14H2,1-2H3. The summed E-state index contributed by atoms with van der Waals surface area (Å²) in [5.74, 6) is 0. The highest BCUT2D eigenvalue weighted by molar-refractivity contribution is 7.19. The highest BCUT2D eigenvalue weighted by Gasteiger charge is 2.26. The topological polar surface area (TPSA) is 0 Å². The molecule has 0 heterocycles. The Bertz CT molecular complexity index is 164. The van der Waals surface area contributed by atoms with Crippen molar-refractivity contribution in [2.24, 2.45) is 0 Å². The van der Waals surface area contributed by atoms with Crippen molar-refractivity contribution in [2.45, 2.75) is 75.5 Å². The minimum Gasteiger partial charge on any atom is -0.132 e. The SMILES string of the molecule is CC(C)(P)CCCC1(P)CCCCC1. The summed E-state index contributed by atoms with van der Waals surface area (Å²) in [5, 5.41) is 1.05. The van der Waals surface area contributed by atoms with E-state index in [2.05, 4.69) is 32.3 Å². The van der Waals surface area contributed by atoms with E-state index in [-0.39, 0.29) is 0 Å². The summed E-state index contributed by atoms with van der Waals surface area (Å²) in [5.41, 5.74) is 0. The predicted molar refractivity (Wildman–Crippen MR) is 73.2 cm³/mol. The first-order valence-corrected chi connectivity index (χ1v) is 7.15. The maximum atomic E-state index is 3.15. The third-order valence-electron chi connectivity index (χ3n) is 3.35. The Morgan fingerprint density at radius 1 is 1.14 bits per heavy atom. The van der Waals surface area contributed by atoms with Crippen LogP contribution in [0.3, 0.4) is 0 Å². The molecule has 0 saturated heterocycles. The molecule has 0 nitrogen and oxygen atoms in total. The van der Waals surface area contributed by atoms with Gasteiger partial charge in [-0.3, -0.25) is 0 Å². The average molecular weight is 232 g/mol. The molecule has 1 fully saturated rings. The fourth-order valence-corrected chi connectivity index (χ4v) is 3.22. The van der Waals surface area contributed by atoms with Crippen LogP contribution in [0, 0.1) is 0 Å². The van der Waals surface area contributed by atoms with Crippen molar-refractivity contribution in [3.8, 4) is 0 Å². The summed E-state index contributed by atoms with van der Waals surface area (Å²) in [4.78, 5) is 0. The second-order valence-electron chi connectivity index (χ2n) is 5.77. The Balaban J connectivity index is 2.22. The molecule has 1 aliphatic rings. The molecule has 0 aromatic carbocycles. The summed E-state index contributed by atoms with van der Waals surface area (Å²) in [6.45, 7) is 4.63. The van der Waals surface area contributed by atoms with Crippen molar-refractivity contribution in [1.82, 2.24) is 0 Å². The van der Waals surface area contributed by atoms with Crippen molar-refractivity contribution in [3.05, 3.63) is 0 Å². The molecule has 0 spiro atoms. The lowest BCUT2D eigenvalue weighted by Gasteiger charge is -2.34. The van der Waals surface area contributed by atoms with Crippen molar-refractivity contribution in [3.63, 3.8) is 0 Å². The quantitative estimate of drug-likeness (QED) is 0.631. The van der Waals surface area contributed by atoms with Crippen LogP contribution in [0.4, 0.5) is 0 Å². The molecular formula is C12H26P2. The lowest BCUT2D eigenvalue weighted by atomic mass is 9.84. The van der Waals surface area contributed by atoms with E-state index in [1.54, 1.807) is 0 Å². The molecule has 1 saturated carbocycles. The van der Waals surface area contributed by atoms with Gasteiger partial charge in [0.1, 0.15) is 0 Å². The molecule has 2 unspecified atom stereocenters. The van der Waals surface area contributed by atoms with Gasteiger partial charge in [0.25, 0.3) is 0 Å². The maximum Gasteiger partial charge on any atom is -0.0150 e. The van der Waals surface area contributed by atoms with Gasteiger partial charge in [0, 0.05) is 0 Å². The van der Waals surface area contributed by atoms with Gasteiger partial charge in [0.15, 0.2) is 0 Å². The van der Waals surface area contributed by atoms with Crippen molar-refractivity contribution in [1.29, 1.82) is 0 Å². The molecule has 0 bridgehead atoms. The Kier molecular flexibility index (Phi) is 4.86. The van der Waals surface area contributed by atoms with Gasteiger partial charge >= 0.3 is 0 Å². The first-order chi connectivity index (χ1) is 6.41. The summed E-state index contributed by atoms with van der Waals surface area (Å²) in [6, 6.07) is 0. The van der Waals surface area contributed by atoms with Crippen LogP contribution in [0.2, 0.25) is 0 Å². The Morgan fingerprint density at radius 3 is 2.21 bits per heavy atom. The second kappa shape index (κ2) is 5.27. The van der Waals surface area contributed by atoms with Gasteiger partial charge in [-0.25, -0.2) is 0 Å². The molecule has 1 rings (SSSR count). The van der Waals surface area contributed by atoms with Gasteiger partial charge in [-0.05, 0) is 36.0 Å². The summed E-state index contributed by atoms with van der Waals surface area (Å²) in [7, 11) is 6.11. The van der Waals surface area contributed by atoms with E-state index in [9.17, 15) is 0 Å². The normalized spacial score (nSPS) is 22.3. The van der Waals surface area contributed by atoms with Crippen molar-refractivity contribution < 1.29 is 0 Å². The fraction of sp³-hybridized carbons (Fsp3) is 1.00. The predicted octanol–water partition coefficient (Wildman–Crippen LogP) is 4.39. The van der Waals surface area contributed by atoms with E-state index < -0.39 is 0 Å². The molecule has 0 aromatic heterocycles. The third-order valence-corrected chi connectivity index (χ3v) is 4.50. The summed E-state index contributed by atoms with van der Waals surface area (Å²) >= 11 is 0. The Labute approximate surface area is 94.4 Å². The molecule has 0 radical (unpaired) electrons. The summed E-state index contributed by atoms with van der Waals surface area (Å²) < 4.78 is 0. The molecule has 1 aliphatic carbocycles. The molecule has 84 valence electrons. The van der Waals surface area contributed by atoms with Crippen LogP contribution in [0.5, 0.6) is 0 Å². The summed E-state index contributed by atoms with van der Waals surface area (Å²) in [6.07, 6.45) is 11.4. The van der Waals surface area contributed by atoms with E-state index in [0.717, 1.165) is 0 Å². The van der Waals surface area contributed by atoms with Gasteiger partial charge < -0.3 is 0 Å². The molecule has 0 aliphatic heterocycles.